The predicted octanol–water partition coefficient (Wildman–Crippen LogP) is 1.64. The molecule has 1 fully saturated rings. The minimum Gasteiger partial charge on any atom is -0.326 e. The van der Waals surface area contributed by atoms with Gasteiger partial charge in [0, 0.05) is 18.6 Å². The summed E-state index contributed by atoms with van der Waals surface area (Å²) in [6.45, 7) is 6.17. The van der Waals surface area contributed by atoms with Crippen molar-refractivity contribution in [1.29, 1.82) is 0 Å². The van der Waals surface area contributed by atoms with E-state index in [0.717, 1.165) is 25.3 Å². The van der Waals surface area contributed by atoms with Gasteiger partial charge in [0.1, 0.15) is 12.2 Å². The fourth-order valence-corrected chi connectivity index (χ4v) is 2.94. The second-order valence-electron chi connectivity index (χ2n) is 6.18. The van der Waals surface area contributed by atoms with Gasteiger partial charge in [-0.15, -0.1) is 0 Å². The summed E-state index contributed by atoms with van der Waals surface area (Å²) >= 11 is 0. The van der Waals surface area contributed by atoms with Crippen LogP contribution in [0.1, 0.15) is 45.4 Å². The Bertz CT molecular complexity index is 387. The van der Waals surface area contributed by atoms with E-state index in [1.54, 1.807) is 6.33 Å². The lowest BCUT2D eigenvalue weighted by atomic mass is 9.90. The van der Waals surface area contributed by atoms with Crippen molar-refractivity contribution in [3.63, 3.8) is 0 Å². The van der Waals surface area contributed by atoms with Crippen molar-refractivity contribution < 1.29 is 0 Å². The molecule has 108 valence electrons. The van der Waals surface area contributed by atoms with Crippen molar-refractivity contribution in [3.05, 3.63) is 12.2 Å². The van der Waals surface area contributed by atoms with Crippen molar-refractivity contribution in [2.24, 2.45) is 11.7 Å². The molecule has 19 heavy (non-hydrogen) atoms. The minimum atomic E-state index is 0.306. The van der Waals surface area contributed by atoms with Crippen LogP contribution in [-0.4, -0.2) is 38.8 Å². The van der Waals surface area contributed by atoms with Crippen molar-refractivity contribution in [1.82, 2.24) is 19.7 Å². The molecule has 1 aliphatic carbocycles. The molecule has 5 nitrogen and oxygen atoms in total. The van der Waals surface area contributed by atoms with Gasteiger partial charge in [0.05, 0.1) is 6.54 Å². The average Bonchev–Trinajstić information content (AvgIpc) is 2.76. The first-order chi connectivity index (χ1) is 9.08. The Morgan fingerprint density at radius 2 is 2.16 bits per heavy atom. The first kappa shape index (κ1) is 14.5. The molecule has 0 bridgehead atoms. The average molecular weight is 265 g/mol. The molecular weight excluding hydrogens is 238 g/mol. The molecule has 1 aromatic rings. The molecule has 0 saturated heterocycles. The Morgan fingerprint density at radius 1 is 1.42 bits per heavy atom. The minimum absolute atomic E-state index is 0.306. The highest BCUT2D eigenvalue weighted by atomic mass is 15.3. The maximum Gasteiger partial charge on any atom is 0.141 e. The van der Waals surface area contributed by atoms with Gasteiger partial charge in [-0.25, -0.2) is 9.67 Å². The number of hydrogen-bond donors (Lipinski definition) is 1. The number of likely N-dealkylation sites (N-methyl/N-ethyl adjacent to an activating group) is 1. The van der Waals surface area contributed by atoms with Gasteiger partial charge in [0.15, 0.2) is 0 Å². The first-order valence-electron chi connectivity index (χ1n) is 7.40. The molecule has 1 heterocycles. The molecule has 2 unspecified atom stereocenters. The molecular formula is C14H27N5. The van der Waals surface area contributed by atoms with E-state index < -0.39 is 0 Å². The Labute approximate surface area is 116 Å². The van der Waals surface area contributed by atoms with Gasteiger partial charge < -0.3 is 5.73 Å². The molecule has 0 amide bonds. The van der Waals surface area contributed by atoms with Crippen LogP contribution in [0.3, 0.4) is 0 Å². The lowest BCUT2D eigenvalue weighted by Crippen LogP contribution is -2.47. The lowest BCUT2D eigenvalue weighted by Gasteiger charge is -2.35. The maximum atomic E-state index is 6.24. The quantitative estimate of drug-likeness (QED) is 0.879. The molecule has 2 N–H and O–H groups in total. The molecule has 2 atom stereocenters. The van der Waals surface area contributed by atoms with E-state index in [9.17, 15) is 0 Å². The highest BCUT2D eigenvalue weighted by Crippen LogP contribution is 2.22. The van der Waals surface area contributed by atoms with Crippen LogP contribution in [0.4, 0.5) is 0 Å². The zero-order valence-electron chi connectivity index (χ0n) is 12.4. The van der Waals surface area contributed by atoms with Crippen LogP contribution < -0.4 is 5.73 Å². The van der Waals surface area contributed by atoms with Crippen LogP contribution in [0.25, 0.3) is 0 Å². The Balaban J connectivity index is 1.98. The van der Waals surface area contributed by atoms with E-state index in [0.29, 0.717) is 18.0 Å². The van der Waals surface area contributed by atoms with Crippen molar-refractivity contribution in [2.45, 2.75) is 64.7 Å². The van der Waals surface area contributed by atoms with Crippen molar-refractivity contribution >= 4 is 0 Å². The third-order valence-corrected chi connectivity index (χ3v) is 3.97. The molecule has 1 aliphatic rings. The summed E-state index contributed by atoms with van der Waals surface area (Å²) < 4.78 is 2.02. The van der Waals surface area contributed by atoms with Crippen LogP contribution in [0, 0.1) is 5.92 Å². The highest BCUT2D eigenvalue weighted by molar-refractivity contribution is 4.90. The molecule has 5 heteroatoms. The van der Waals surface area contributed by atoms with Gasteiger partial charge in [0.2, 0.25) is 0 Å². The normalized spacial score (nSPS) is 24.3. The van der Waals surface area contributed by atoms with Crippen LogP contribution in [-0.2, 0) is 13.1 Å². The van der Waals surface area contributed by atoms with Gasteiger partial charge >= 0.3 is 0 Å². The van der Waals surface area contributed by atoms with E-state index >= 15 is 0 Å². The van der Waals surface area contributed by atoms with Crippen LogP contribution >= 0.6 is 0 Å². The Kier molecular flexibility index (Phi) is 4.93. The highest BCUT2D eigenvalue weighted by Gasteiger charge is 2.26. The second-order valence-corrected chi connectivity index (χ2v) is 6.18. The number of rotatable bonds is 5. The summed E-state index contributed by atoms with van der Waals surface area (Å²) in [6, 6.07) is 0.790. The summed E-state index contributed by atoms with van der Waals surface area (Å²) in [5.41, 5.74) is 6.24. The SMILES string of the molecule is CC(C)Cn1ncnc1CN(C)C1CCCCC1N. The number of nitrogens with zero attached hydrogens (tertiary/aromatic N) is 4. The van der Waals surface area contributed by atoms with Crippen LogP contribution in [0.5, 0.6) is 0 Å². The monoisotopic (exact) mass is 265 g/mol. The third kappa shape index (κ3) is 3.76. The molecule has 1 saturated carbocycles. The Morgan fingerprint density at radius 3 is 2.84 bits per heavy atom. The summed E-state index contributed by atoms with van der Waals surface area (Å²) in [7, 11) is 2.16. The van der Waals surface area contributed by atoms with Gasteiger partial charge in [-0.3, -0.25) is 4.90 Å². The van der Waals surface area contributed by atoms with Gasteiger partial charge in [0.25, 0.3) is 0 Å². The van der Waals surface area contributed by atoms with E-state index in [2.05, 4.69) is 35.9 Å². The molecule has 0 spiro atoms. The fraction of sp³-hybridized carbons (Fsp3) is 0.857. The van der Waals surface area contributed by atoms with Crippen molar-refractivity contribution in [2.75, 3.05) is 7.05 Å². The van der Waals surface area contributed by atoms with E-state index in [4.69, 9.17) is 5.73 Å². The number of nitrogens with two attached hydrogens (primary N) is 1. The standard InChI is InChI=1S/C14H27N5/c1-11(2)8-19-14(16-10-17-19)9-18(3)13-7-5-4-6-12(13)15/h10-13H,4-9,15H2,1-3H3. The maximum absolute atomic E-state index is 6.24. The van der Waals surface area contributed by atoms with Crippen LogP contribution in [0.2, 0.25) is 0 Å². The van der Waals surface area contributed by atoms with Gasteiger partial charge in [-0.05, 0) is 25.8 Å². The van der Waals surface area contributed by atoms with E-state index in [1.165, 1.54) is 19.3 Å². The van der Waals surface area contributed by atoms with E-state index in [1.807, 2.05) is 4.68 Å². The third-order valence-electron chi connectivity index (χ3n) is 3.97. The van der Waals surface area contributed by atoms with Crippen molar-refractivity contribution in [3.8, 4) is 0 Å². The molecule has 0 aromatic carbocycles. The molecule has 0 radical (unpaired) electrons. The first-order valence-corrected chi connectivity index (χ1v) is 7.40. The summed E-state index contributed by atoms with van der Waals surface area (Å²) in [6.07, 6.45) is 6.58. The summed E-state index contributed by atoms with van der Waals surface area (Å²) in [5.74, 6) is 1.64. The second kappa shape index (κ2) is 6.48. The summed E-state index contributed by atoms with van der Waals surface area (Å²) in [5, 5.41) is 4.32. The van der Waals surface area contributed by atoms with Gasteiger partial charge in [-0.2, -0.15) is 5.10 Å². The number of hydrogen-bond acceptors (Lipinski definition) is 4. The van der Waals surface area contributed by atoms with E-state index in [-0.39, 0.29) is 0 Å². The predicted molar refractivity (Wildman–Crippen MR) is 76.6 cm³/mol. The lowest BCUT2D eigenvalue weighted by molar-refractivity contribution is 0.156. The smallest absolute Gasteiger partial charge is 0.141 e. The topological polar surface area (TPSA) is 60.0 Å². The molecule has 2 rings (SSSR count). The zero-order valence-corrected chi connectivity index (χ0v) is 12.4. The Hall–Kier alpha value is -0.940. The molecule has 0 aliphatic heterocycles. The summed E-state index contributed by atoms with van der Waals surface area (Å²) in [4.78, 5) is 6.75. The fourth-order valence-electron chi connectivity index (χ4n) is 2.94. The van der Waals surface area contributed by atoms with Crippen LogP contribution in [0.15, 0.2) is 6.33 Å². The number of aromatic nitrogens is 3. The zero-order chi connectivity index (χ0) is 13.8. The largest absolute Gasteiger partial charge is 0.326 e. The molecule has 1 aromatic heterocycles. The van der Waals surface area contributed by atoms with Gasteiger partial charge in [-0.1, -0.05) is 26.7 Å².